The molecule has 7 heteroatoms. The summed E-state index contributed by atoms with van der Waals surface area (Å²) in [6, 6.07) is 5.94. The number of alkyl carbamates (subject to hydrolysis) is 1. The second kappa shape index (κ2) is 9.22. The second-order valence-electron chi connectivity index (χ2n) is 7.60. The molecular formula is C19H29N3O4. The summed E-state index contributed by atoms with van der Waals surface area (Å²) in [7, 11) is 0. The molecule has 0 radical (unpaired) electrons. The molecule has 144 valence electrons. The lowest BCUT2D eigenvalue weighted by atomic mass is 10.0. The van der Waals surface area contributed by atoms with Crippen molar-refractivity contribution in [2.75, 3.05) is 0 Å². The highest BCUT2D eigenvalue weighted by molar-refractivity contribution is 5.83. The number of nitrogens with two attached hydrogens (primary N) is 1. The Morgan fingerprint density at radius 1 is 1.19 bits per heavy atom. The van der Waals surface area contributed by atoms with Crippen LogP contribution in [0.1, 0.15) is 46.6 Å². The molecule has 4 N–H and O–H groups in total. The molecule has 26 heavy (non-hydrogen) atoms. The maximum Gasteiger partial charge on any atom is 0.408 e. The minimum Gasteiger partial charge on any atom is -0.444 e. The summed E-state index contributed by atoms with van der Waals surface area (Å²) in [5.41, 5.74) is 5.57. The second-order valence-corrected chi connectivity index (χ2v) is 7.60. The van der Waals surface area contributed by atoms with Gasteiger partial charge in [-0.05, 0) is 50.8 Å². The molecule has 0 aliphatic rings. The summed E-state index contributed by atoms with van der Waals surface area (Å²) in [6.45, 7) is 9.17. The third-order valence-corrected chi connectivity index (χ3v) is 3.22. The molecule has 7 nitrogen and oxygen atoms in total. The van der Waals surface area contributed by atoms with Gasteiger partial charge in [-0.1, -0.05) is 26.0 Å². The van der Waals surface area contributed by atoms with E-state index in [1.165, 1.54) is 0 Å². The van der Waals surface area contributed by atoms with E-state index in [2.05, 4.69) is 5.32 Å². The van der Waals surface area contributed by atoms with Crippen molar-refractivity contribution in [3.05, 3.63) is 29.8 Å². The number of amides is 1. The Bertz CT molecular complexity index is 633. The monoisotopic (exact) mass is 363 g/mol. The first kappa shape index (κ1) is 21.5. The normalized spacial score (nSPS) is 12.4. The number of rotatable bonds is 7. The van der Waals surface area contributed by atoms with Crippen molar-refractivity contribution in [3.63, 3.8) is 0 Å². The average Bonchev–Trinajstić information content (AvgIpc) is 2.45. The fourth-order valence-corrected chi connectivity index (χ4v) is 2.22. The van der Waals surface area contributed by atoms with Gasteiger partial charge in [0.2, 0.25) is 0 Å². The molecule has 1 amide bonds. The van der Waals surface area contributed by atoms with Crippen molar-refractivity contribution in [1.29, 1.82) is 5.41 Å². The number of benzene rings is 1. The Morgan fingerprint density at radius 3 is 2.23 bits per heavy atom. The van der Waals surface area contributed by atoms with Crippen molar-refractivity contribution < 1.29 is 19.1 Å². The van der Waals surface area contributed by atoms with Gasteiger partial charge in [-0.15, -0.1) is 0 Å². The van der Waals surface area contributed by atoms with E-state index in [4.69, 9.17) is 20.6 Å². The van der Waals surface area contributed by atoms with Gasteiger partial charge in [-0.2, -0.15) is 0 Å². The van der Waals surface area contributed by atoms with Gasteiger partial charge in [0.1, 0.15) is 17.4 Å². The minimum absolute atomic E-state index is 0.0632. The Kier molecular flexibility index (Phi) is 7.61. The van der Waals surface area contributed by atoms with E-state index in [9.17, 15) is 9.59 Å². The van der Waals surface area contributed by atoms with Crippen LogP contribution >= 0.6 is 0 Å². The van der Waals surface area contributed by atoms with Crippen LogP contribution in [0.15, 0.2) is 24.3 Å². The fraction of sp³-hybridized carbons (Fsp3) is 0.526. The van der Waals surface area contributed by atoms with Gasteiger partial charge in [0.25, 0.3) is 0 Å². The van der Waals surface area contributed by atoms with Gasteiger partial charge >= 0.3 is 12.1 Å². The van der Waals surface area contributed by atoms with Gasteiger partial charge in [-0.25, -0.2) is 9.59 Å². The molecule has 0 spiro atoms. The number of hydrogen-bond acceptors (Lipinski definition) is 5. The first-order valence-corrected chi connectivity index (χ1v) is 8.59. The number of carbonyl (C=O) groups excluding carboxylic acids is 2. The van der Waals surface area contributed by atoms with E-state index in [1.54, 1.807) is 45.0 Å². The van der Waals surface area contributed by atoms with E-state index < -0.39 is 23.7 Å². The minimum atomic E-state index is -0.804. The quantitative estimate of drug-likeness (QED) is 0.298. The van der Waals surface area contributed by atoms with Crippen LogP contribution in [0.25, 0.3) is 0 Å². The Labute approximate surface area is 154 Å². The number of ether oxygens (including phenoxy) is 2. The largest absolute Gasteiger partial charge is 0.444 e. The van der Waals surface area contributed by atoms with Crippen molar-refractivity contribution in [1.82, 2.24) is 5.32 Å². The summed E-state index contributed by atoms with van der Waals surface area (Å²) in [6.07, 6.45) is 0.113. The first-order valence-electron chi connectivity index (χ1n) is 8.59. The Hall–Kier alpha value is -2.57. The van der Waals surface area contributed by atoms with Crippen LogP contribution in [0.3, 0.4) is 0 Å². The molecule has 0 saturated heterocycles. The van der Waals surface area contributed by atoms with Crippen molar-refractivity contribution in [2.45, 2.75) is 59.1 Å². The molecule has 1 atom stereocenters. The van der Waals surface area contributed by atoms with Gasteiger partial charge in [-0.3, -0.25) is 5.41 Å². The highest BCUT2D eigenvalue weighted by Crippen LogP contribution is 2.16. The van der Waals surface area contributed by atoms with E-state index in [1.807, 2.05) is 13.8 Å². The van der Waals surface area contributed by atoms with Gasteiger partial charge in [0, 0.05) is 6.42 Å². The van der Waals surface area contributed by atoms with Gasteiger partial charge < -0.3 is 20.5 Å². The maximum absolute atomic E-state index is 12.5. The van der Waals surface area contributed by atoms with Crippen LogP contribution in [-0.2, 0) is 16.0 Å². The molecule has 1 aromatic rings. The molecule has 1 aromatic carbocycles. The zero-order chi connectivity index (χ0) is 19.9. The Morgan fingerprint density at radius 2 is 1.77 bits per heavy atom. The van der Waals surface area contributed by atoms with Crippen molar-refractivity contribution in [2.24, 2.45) is 11.7 Å². The molecule has 0 saturated carbocycles. The summed E-state index contributed by atoms with van der Waals surface area (Å²) in [5.74, 6) is 0.0552. The SMILES string of the molecule is CC(C)C[C@@H](NC(=O)OC(C)(C)C)C(=O)Oc1ccc(CC(=N)N)cc1. The molecule has 0 aromatic heterocycles. The van der Waals surface area contributed by atoms with Crippen LogP contribution in [-0.4, -0.2) is 29.5 Å². The summed E-state index contributed by atoms with van der Waals surface area (Å²) >= 11 is 0. The van der Waals surface area contributed by atoms with Crippen LogP contribution in [0.5, 0.6) is 5.75 Å². The summed E-state index contributed by atoms with van der Waals surface area (Å²) in [4.78, 5) is 24.4. The highest BCUT2D eigenvalue weighted by atomic mass is 16.6. The molecule has 0 aliphatic carbocycles. The predicted molar refractivity (Wildman–Crippen MR) is 100 cm³/mol. The van der Waals surface area contributed by atoms with E-state index in [0.717, 1.165) is 5.56 Å². The number of carbonyl (C=O) groups is 2. The molecule has 0 unspecified atom stereocenters. The van der Waals surface area contributed by atoms with Crippen LogP contribution in [0.4, 0.5) is 4.79 Å². The highest BCUT2D eigenvalue weighted by Gasteiger charge is 2.26. The first-order chi connectivity index (χ1) is 12.0. The van der Waals surface area contributed by atoms with Crippen LogP contribution in [0.2, 0.25) is 0 Å². The number of hydrogen-bond donors (Lipinski definition) is 3. The lowest BCUT2D eigenvalue weighted by Gasteiger charge is -2.23. The molecule has 0 aliphatic heterocycles. The number of amidine groups is 1. The topological polar surface area (TPSA) is 114 Å². The number of esters is 1. The third-order valence-electron chi connectivity index (χ3n) is 3.22. The van der Waals surface area contributed by atoms with E-state index in [-0.39, 0.29) is 11.8 Å². The smallest absolute Gasteiger partial charge is 0.408 e. The van der Waals surface area contributed by atoms with Crippen LogP contribution in [0, 0.1) is 11.3 Å². The molecule has 0 bridgehead atoms. The third kappa shape index (κ3) is 8.50. The molecular weight excluding hydrogens is 334 g/mol. The standard InChI is InChI=1S/C19H29N3O4/c1-12(2)10-15(22-18(24)26-19(3,4)5)17(23)25-14-8-6-13(7-9-14)11-16(20)21/h6-9,12,15H,10-11H2,1-5H3,(H3,20,21)(H,22,24)/t15-/m1/s1. The summed E-state index contributed by atoms with van der Waals surface area (Å²) < 4.78 is 10.6. The van der Waals surface area contributed by atoms with Crippen LogP contribution < -0.4 is 15.8 Å². The van der Waals surface area contributed by atoms with Crippen molar-refractivity contribution in [3.8, 4) is 5.75 Å². The van der Waals surface area contributed by atoms with E-state index in [0.29, 0.717) is 18.6 Å². The Balaban J connectivity index is 2.76. The summed E-state index contributed by atoms with van der Waals surface area (Å²) in [5, 5.41) is 9.87. The lowest BCUT2D eigenvalue weighted by Crippen LogP contribution is -2.45. The molecule has 0 fully saturated rings. The van der Waals surface area contributed by atoms with Crippen molar-refractivity contribution >= 4 is 17.9 Å². The van der Waals surface area contributed by atoms with Gasteiger partial charge in [0.05, 0.1) is 5.84 Å². The zero-order valence-corrected chi connectivity index (χ0v) is 16.1. The molecule has 1 rings (SSSR count). The average molecular weight is 363 g/mol. The predicted octanol–water partition coefficient (Wildman–Crippen LogP) is 3.01. The van der Waals surface area contributed by atoms with E-state index >= 15 is 0 Å². The fourth-order valence-electron chi connectivity index (χ4n) is 2.22. The molecule has 0 heterocycles. The lowest BCUT2D eigenvalue weighted by molar-refractivity contribution is -0.137. The zero-order valence-electron chi connectivity index (χ0n) is 16.1. The number of nitrogens with one attached hydrogen (secondary N) is 2. The van der Waals surface area contributed by atoms with Gasteiger partial charge in [0.15, 0.2) is 0 Å². The maximum atomic E-state index is 12.5.